The zero-order valence-corrected chi connectivity index (χ0v) is 27.3. The average molecular weight is 613 g/mol. The Kier molecular flexibility index (Phi) is 10.7. The van der Waals surface area contributed by atoms with Gasteiger partial charge in [-0.1, -0.05) is 123 Å². The van der Waals surface area contributed by atoms with Gasteiger partial charge in [0, 0.05) is 0 Å². The van der Waals surface area contributed by atoms with E-state index in [1.54, 1.807) is 9.36 Å². The number of rotatable bonds is 10. The number of hydrogen-bond acceptors (Lipinski definition) is 4. The van der Waals surface area contributed by atoms with Gasteiger partial charge in [0.2, 0.25) is 11.8 Å². The Labute approximate surface area is 272 Å². The van der Waals surface area contributed by atoms with E-state index < -0.39 is 0 Å². The first-order valence-electron chi connectivity index (χ1n) is 16.3. The zero-order valence-electron chi connectivity index (χ0n) is 27.3. The van der Waals surface area contributed by atoms with Crippen LogP contribution in [0.15, 0.2) is 109 Å². The molecule has 6 nitrogen and oxygen atoms in total. The van der Waals surface area contributed by atoms with E-state index in [2.05, 4.69) is 20.8 Å². The fourth-order valence-corrected chi connectivity index (χ4v) is 5.58. The summed E-state index contributed by atoms with van der Waals surface area (Å²) < 4.78 is 3.31. The van der Waals surface area contributed by atoms with Crippen LogP contribution >= 0.6 is 0 Å². The highest BCUT2D eigenvalue weighted by Gasteiger charge is 2.21. The van der Waals surface area contributed by atoms with Crippen molar-refractivity contribution in [1.29, 1.82) is 0 Å². The quantitative estimate of drug-likeness (QED) is 0.161. The molecule has 0 spiro atoms. The maximum absolute atomic E-state index is 10.8. The van der Waals surface area contributed by atoms with E-state index in [0.29, 0.717) is 0 Å². The van der Waals surface area contributed by atoms with Gasteiger partial charge < -0.3 is 10.2 Å². The molecule has 0 atom stereocenters. The van der Waals surface area contributed by atoms with Crippen LogP contribution in [0.4, 0.5) is 0 Å². The van der Waals surface area contributed by atoms with Crippen LogP contribution in [0.5, 0.6) is 11.8 Å². The van der Waals surface area contributed by atoms with Crippen LogP contribution in [0.2, 0.25) is 0 Å². The fourth-order valence-electron chi connectivity index (χ4n) is 5.58. The lowest BCUT2D eigenvalue weighted by molar-refractivity contribution is 0.434. The first kappa shape index (κ1) is 32.3. The van der Waals surface area contributed by atoms with Gasteiger partial charge in [0.25, 0.3) is 0 Å². The first-order chi connectivity index (χ1) is 22.4. The number of benzene rings is 4. The molecular formula is C40H44N4O2. The van der Waals surface area contributed by atoms with Gasteiger partial charge in [-0.25, -0.2) is 9.36 Å². The predicted molar refractivity (Wildman–Crippen MR) is 188 cm³/mol. The summed E-state index contributed by atoms with van der Waals surface area (Å²) in [6, 6.07) is 36.0. The highest BCUT2D eigenvalue weighted by atomic mass is 16.3. The van der Waals surface area contributed by atoms with Gasteiger partial charge in [-0.2, -0.15) is 10.2 Å². The van der Waals surface area contributed by atoms with Crippen molar-refractivity contribution in [1.82, 2.24) is 19.6 Å². The Hall–Kier alpha value is -5.10. The molecule has 0 saturated heterocycles. The average Bonchev–Trinajstić information content (AvgIpc) is 3.59. The summed E-state index contributed by atoms with van der Waals surface area (Å²) >= 11 is 0. The standard InChI is InChI=1S/2C20H22N2O/c1-3-4-13-17-19(16-11-6-5-7-12-16)20(23)22(21-17)18-14-9-8-10-15(18)2;1-3-4-10-18-19(16-8-6-5-7-9-16)20(23)22(21-18)17-13-11-15(2)12-14-17/h5-12,14,23H,3-4,13H2,1-2H3;5-9,11-14,23H,3-4,10H2,1-2H3. The van der Waals surface area contributed by atoms with E-state index in [9.17, 15) is 10.2 Å². The molecule has 2 heterocycles. The van der Waals surface area contributed by atoms with Crippen molar-refractivity contribution in [2.45, 2.75) is 66.2 Å². The number of hydrogen-bond donors (Lipinski definition) is 2. The Bertz CT molecular complexity index is 1840. The number of aromatic nitrogens is 4. The maximum atomic E-state index is 10.8. The van der Waals surface area contributed by atoms with E-state index in [-0.39, 0.29) is 11.8 Å². The molecule has 0 amide bonds. The van der Waals surface area contributed by atoms with Gasteiger partial charge in [-0.15, -0.1) is 0 Å². The summed E-state index contributed by atoms with van der Waals surface area (Å²) in [5, 5.41) is 31.0. The van der Waals surface area contributed by atoms with Crippen LogP contribution in [0.3, 0.4) is 0 Å². The molecule has 46 heavy (non-hydrogen) atoms. The van der Waals surface area contributed by atoms with Crippen molar-refractivity contribution in [3.63, 3.8) is 0 Å². The van der Waals surface area contributed by atoms with Crippen molar-refractivity contribution in [3.05, 3.63) is 132 Å². The summed E-state index contributed by atoms with van der Waals surface area (Å²) in [5.41, 5.74) is 9.71. The van der Waals surface area contributed by atoms with Gasteiger partial charge >= 0.3 is 0 Å². The summed E-state index contributed by atoms with van der Waals surface area (Å²) in [4.78, 5) is 0. The molecule has 236 valence electrons. The van der Waals surface area contributed by atoms with Crippen LogP contribution in [0.25, 0.3) is 33.6 Å². The number of para-hydroxylation sites is 1. The molecule has 4 aromatic carbocycles. The Morgan fingerprint density at radius 1 is 0.543 bits per heavy atom. The molecule has 6 heteroatoms. The summed E-state index contributed by atoms with van der Waals surface area (Å²) in [5.74, 6) is 0.433. The van der Waals surface area contributed by atoms with Crippen LogP contribution in [0, 0.1) is 13.8 Å². The number of nitrogens with zero attached hydrogens (tertiary/aromatic N) is 4. The molecular weight excluding hydrogens is 568 g/mol. The lowest BCUT2D eigenvalue weighted by Gasteiger charge is -2.07. The molecule has 2 N–H and O–H groups in total. The van der Waals surface area contributed by atoms with E-state index >= 15 is 0 Å². The number of unbranched alkanes of at least 4 members (excludes halogenated alkanes) is 2. The molecule has 0 aliphatic rings. The molecule has 0 bridgehead atoms. The Morgan fingerprint density at radius 3 is 1.50 bits per heavy atom. The first-order valence-corrected chi connectivity index (χ1v) is 16.3. The molecule has 0 fully saturated rings. The minimum Gasteiger partial charge on any atom is -0.493 e. The third kappa shape index (κ3) is 7.23. The third-order valence-electron chi connectivity index (χ3n) is 8.15. The second-order valence-electron chi connectivity index (χ2n) is 11.7. The van der Waals surface area contributed by atoms with Crippen molar-refractivity contribution in [2.75, 3.05) is 0 Å². The van der Waals surface area contributed by atoms with Gasteiger partial charge in [0.15, 0.2) is 0 Å². The van der Waals surface area contributed by atoms with Crippen molar-refractivity contribution in [3.8, 4) is 45.4 Å². The largest absolute Gasteiger partial charge is 0.493 e. The van der Waals surface area contributed by atoms with E-state index in [4.69, 9.17) is 10.2 Å². The van der Waals surface area contributed by atoms with Gasteiger partial charge in [-0.3, -0.25) is 0 Å². The van der Waals surface area contributed by atoms with Crippen molar-refractivity contribution in [2.24, 2.45) is 0 Å². The van der Waals surface area contributed by atoms with Crippen molar-refractivity contribution >= 4 is 0 Å². The van der Waals surface area contributed by atoms with Crippen molar-refractivity contribution < 1.29 is 10.2 Å². The minimum absolute atomic E-state index is 0.214. The summed E-state index contributed by atoms with van der Waals surface area (Å²) in [6.07, 6.45) is 6.06. The molecule has 0 aliphatic carbocycles. The van der Waals surface area contributed by atoms with E-state index in [1.165, 1.54) is 5.56 Å². The molecule has 0 saturated carbocycles. The summed E-state index contributed by atoms with van der Waals surface area (Å²) in [6.45, 7) is 8.42. The summed E-state index contributed by atoms with van der Waals surface area (Å²) in [7, 11) is 0. The second kappa shape index (κ2) is 15.3. The van der Waals surface area contributed by atoms with Crippen LogP contribution < -0.4 is 0 Å². The maximum Gasteiger partial charge on any atom is 0.222 e. The van der Waals surface area contributed by atoms with Gasteiger partial charge in [0.1, 0.15) is 0 Å². The van der Waals surface area contributed by atoms with Gasteiger partial charge in [-0.05, 0) is 74.4 Å². The number of aryl methyl sites for hydroxylation is 4. The normalized spacial score (nSPS) is 10.9. The SMILES string of the molecule is CCCCc1nn(-c2ccc(C)cc2)c(O)c1-c1ccccc1.CCCCc1nn(-c2ccccc2C)c(O)c1-c1ccccc1. The van der Waals surface area contributed by atoms with E-state index in [0.717, 1.165) is 89.1 Å². The zero-order chi connectivity index (χ0) is 32.5. The Balaban J connectivity index is 0.000000181. The lowest BCUT2D eigenvalue weighted by atomic mass is 10.0. The fraction of sp³-hybridized carbons (Fsp3) is 0.250. The molecule has 6 rings (SSSR count). The van der Waals surface area contributed by atoms with Crippen LogP contribution in [-0.2, 0) is 12.8 Å². The van der Waals surface area contributed by atoms with E-state index in [1.807, 2.05) is 116 Å². The molecule has 2 aromatic heterocycles. The molecule has 0 unspecified atom stereocenters. The molecule has 0 aliphatic heterocycles. The predicted octanol–water partition coefficient (Wildman–Crippen LogP) is 9.79. The second-order valence-corrected chi connectivity index (χ2v) is 11.7. The van der Waals surface area contributed by atoms with Crippen LogP contribution in [0.1, 0.15) is 62.0 Å². The lowest BCUT2D eigenvalue weighted by Crippen LogP contribution is -1.99. The smallest absolute Gasteiger partial charge is 0.222 e. The highest BCUT2D eigenvalue weighted by molar-refractivity contribution is 5.73. The third-order valence-corrected chi connectivity index (χ3v) is 8.15. The monoisotopic (exact) mass is 612 g/mol. The van der Waals surface area contributed by atoms with Gasteiger partial charge in [0.05, 0.1) is 33.9 Å². The topological polar surface area (TPSA) is 76.1 Å². The minimum atomic E-state index is 0.214. The highest BCUT2D eigenvalue weighted by Crippen LogP contribution is 2.37. The van der Waals surface area contributed by atoms with Crippen LogP contribution in [-0.4, -0.2) is 29.8 Å². The Morgan fingerprint density at radius 2 is 1.00 bits per heavy atom. The number of aromatic hydroxyl groups is 2. The molecule has 6 aromatic rings. The molecule has 0 radical (unpaired) electrons.